The van der Waals surface area contributed by atoms with Crippen LogP contribution in [0.15, 0.2) is 57.8 Å². The molecule has 1 aromatic heterocycles. The molecule has 0 unspecified atom stereocenters. The predicted molar refractivity (Wildman–Crippen MR) is 114 cm³/mol. The molecular weight excluding hydrogens is 436 g/mol. The average molecular weight is 461 g/mol. The SMILES string of the molecule is O=C(NO)C1(S(=O)(=O)c2ccc(OCCCc3nc4ccccc4o3)cc2)CCOCC1. The molecule has 170 valence electrons. The van der Waals surface area contributed by atoms with Crippen LogP contribution in [-0.4, -0.2) is 49.1 Å². The van der Waals surface area contributed by atoms with Gasteiger partial charge < -0.3 is 13.9 Å². The lowest BCUT2D eigenvalue weighted by Gasteiger charge is -2.34. The Kier molecular flexibility index (Phi) is 6.45. The van der Waals surface area contributed by atoms with Gasteiger partial charge >= 0.3 is 0 Å². The number of fused-ring (bicyclic) bond motifs is 1. The first-order chi connectivity index (χ1) is 15.5. The van der Waals surface area contributed by atoms with Gasteiger partial charge in [0.1, 0.15) is 11.3 Å². The van der Waals surface area contributed by atoms with Crippen LogP contribution in [0.25, 0.3) is 11.1 Å². The molecule has 2 aromatic carbocycles. The van der Waals surface area contributed by atoms with Gasteiger partial charge in [0, 0.05) is 19.6 Å². The largest absolute Gasteiger partial charge is 0.494 e. The van der Waals surface area contributed by atoms with E-state index in [9.17, 15) is 13.2 Å². The van der Waals surface area contributed by atoms with Crippen LogP contribution in [-0.2, 0) is 25.8 Å². The first-order valence-electron chi connectivity index (χ1n) is 10.3. The number of hydrogen-bond donors (Lipinski definition) is 2. The minimum absolute atomic E-state index is 0.0122. The van der Waals surface area contributed by atoms with E-state index in [1.165, 1.54) is 17.6 Å². The fraction of sp³-hybridized carbons (Fsp3) is 0.364. The van der Waals surface area contributed by atoms with E-state index in [1.54, 1.807) is 12.1 Å². The second-order valence-electron chi connectivity index (χ2n) is 7.55. The van der Waals surface area contributed by atoms with Crippen molar-refractivity contribution in [2.45, 2.75) is 35.3 Å². The van der Waals surface area contributed by atoms with E-state index in [-0.39, 0.29) is 31.0 Å². The number of oxazole rings is 1. The summed E-state index contributed by atoms with van der Waals surface area (Å²) in [6.45, 7) is 0.640. The number of para-hydroxylation sites is 2. The number of ether oxygens (including phenoxy) is 2. The third-order valence-corrected chi connectivity index (χ3v) is 8.12. The van der Waals surface area contributed by atoms with Crippen molar-refractivity contribution in [3.63, 3.8) is 0 Å². The summed E-state index contributed by atoms with van der Waals surface area (Å²) >= 11 is 0. The number of aryl methyl sites for hydroxylation is 1. The van der Waals surface area contributed by atoms with Gasteiger partial charge in [0.2, 0.25) is 0 Å². The van der Waals surface area contributed by atoms with Gasteiger partial charge in [0.05, 0.1) is 11.5 Å². The molecule has 0 spiro atoms. The fourth-order valence-corrected chi connectivity index (χ4v) is 5.74. The van der Waals surface area contributed by atoms with Crippen LogP contribution >= 0.6 is 0 Å². The number of amides is 1. The van der Waals surface area contributed by atoms with Crippen molar-refractivity contribution in [3.05, 3.63) is 54.4 Å². The van der Waals surface area contributed by atoms with Gasteiger partial charge in [-0.3, -0.25) is 10.0 Å². The highest BCUT2D eigenvalue weighted by Crippen LogP contribution is 2.35. The molecule has 1 saturated heterocycles. The molecule has 1 aliphatic rings. The molecule has 10 heteroatoms. The van der Waals surface area contributed by atoms with E-state index in [0.717, 1.165) is 11.1 Å². The zero-order valence-corrected chi connectivity index (χ0v) is 18.1. The molecule has 9 nitrogen and oxygen atoms in total. The summed E-state index contributed by atoms with van der Waals surface area (Å²) in [7, 11) is -4.05. The number of hydroxylamine groups is 1. The van der Waals surface area contributed by atoms with Gasteiger partial charge in [-0.05, 0) is 55.7 Å². The van der Waals surface area contributed by atoms with Gasteiger partial charge in [0.15, 0.2) is 26.1 Å². The molecule has 0 saturated carbocycles. The van der Waals surface area contributed by atoms with Gasteiger partial charge in [-0.15, -0.1) is 0 Å². The lowest BCUT2D eigenvalue weighted by atomic mass is 9.98. The van der Waals surface area contributed by atoms with E-state index in [1.807, 2.05) is 24.3 Å². The molecule has 1 amide bonds. The second-order valence-corrected chi connectivity index (χ2v) is 9.81. The Morgan fingerprint density at radius 3 is 2.53 bits per heavy atom. The summed E-state index contributed by atoms with van der Waals surface area (Å²) in [4.78, 5) is 16.7. The number of rotatable bonds is 8. The Labute approximate surface area is 185 Å². The highest BCUT2D eigenvalue weighted by atomic mass is 32.2. The van der Waals surface area contributed by atoms with Crippen LogP contribution in [0.3, 0.4) is 0 Å². The smallest absolute Gasteiger partial charge is 0.265 e. The highest BCUT2D eigenvalue weighted by molar-refractivity contribution is 7.93. The normalized spacial score (nSPS) is 16.0. The quantitative estimate of drug-likeness (QED) is 0.298. The van der Waals surface area contributed by atoms with Crippen molar-refractivity contribution in [1.82, 2.24) is 10.5 Å². The van der Waals surface area contributed by atoms with Crippen LogP contribution in [0.4, 0.5) is 0 Å². The molecule has 4 rings (SSSR count). The monoisotopic (exact) mass is 460 g/mol. The zero-order chi connectivity index (χ0) is 22.6. The molecule has 0 atom stereocenters. The van der Waals surface area contributed by atoms with Crippen molar-refractivity contribution >= 4 is 26.8 Å². The van der Waals surface area contributed by atoms with E-state index in [2.05, 4.69) is 4.98 Å². The predicted octanol–water partition coefficient (Wildman–Crippen LogP) is 2.67. The zero-order valence-electron chi connectivity index (χ0n) is 17.3. The summed E-state index contributed by atoms with van der Waals surface area (Å²) in [6, 6.07) is 13.5. The summed E-state index contributed by atoms with van der Waals surface area (Å²) in [5, 5.41) is 9.11. The van der Waals surface area contributed by atoms with Crippen molar-refractivity contribution in [1.29, 1.82) is 0 Å². The van der Waals surface area contributed by atoms with Crippen LogP contribution in [0.1, 0.15) is 25.2 Å². The Morgan fingerprint density at radius 1 is 1.12 bits per heavy atom. The summed E-state index contributed by atoms with van der Waals surface area (Å²) in [5.74, 6) is 0.203. The lowest BCUT2D eigenvalue weighted by Crippen LogP contribution is -2.54. The third-order valence-electron chi connectivity index (χ3n) is 5.61. The first-order valence-corrected chi connectivity index (χ1v) is 11.8. The summed E-state index contributed by atoms with van der Waals surface area (Å²) < 4.78 is 41.3. The summed E-state index contributed by atoms with van der Waals surface area (Å²) in [5.41, 5.74) is 3.07. The third kappa shape index (κ3) is 4.21. The number of carbonyl (C=O) groups is 1. The van der Waals surface area contributed by atoms with E-state index < -0.39 is 20.5 Å². The molecule has 2 heterocycles. The standard InChI is InChI=1S/C22H24N2O7S/c25-21(24-26)22(11-14-29-15-12-22)32(27,28)17-9-7-16(8-10-17)30-13-3-6-20-23-18-4-1-2-5-19(18)31-20/h1-2,4-5,7-10,26H,3,6,11-15H2,(H,24,25). The first kappa shape index (κ1) is 22.3. The van der Waals surface area contributed by atoms with Crippen molar-refractivity contribution < 1.29 is 32.3 Å². The number of hydrogen-bond acceptors (Lipinski definition) is 8. The number of carbonyl (C=O) groups excluding carboxylic acids is 1. The van der Waals surface area contributed by atoms with Crippen LogP contribution in [0.2, 0.25) is 0 Å². The summed E-state index contributed by atoms with van der Waals surface area (Å²) in [6.07, 6.45) is 1.22. The van der Waals surface area contributed by atoms with Crippen LogP contribution in [0, 0.1) is 0 Å². The second kappa shape index (κ2) is 9.27. The Morgan fingerprint density at radius 2 is 1.84 bits per heavy atom. The highest BCUT2D eigenvalue weighted by Gasteiger charge is 2.52. The molecule has 0 radical (unpaired) electrons. The van der Waals surface area contributed by atoms with Crippen molar-refractivity contribution in [3.8, 4) is 5.75 Å². The van der Waals surface area contributed by atoms with Crippen LogP contribution < -0.4 is 10.2 Å². The minimum Gasteiger partial charge on any atom is -0.494 e. The van der Waals surface area contributed by atoms with Gasteiger partial charge in [0.25, 0.3) is 5.91 Å². The van der Waals surface area contributed by atoms with E-state index in [4.69, 9.17) is 19.1 Å². The fourth-order valence-electron chi connectivity index (χ4n) is 3.80. The molecule has 2 N–H and O–H groups in total. The molecule has 0 aliphatic carbocycles. The van der Waals surface area contributed by atoms with E-state index in [0.29, 0.717) is 31.1 Å². The minimum atomic E-state index is -4.05. The maximum Gasteiger partial charge on any atom is 0.265 e. The Hall–Kier alpha value is -2.95. The molecule has 32 heavy (non-hydrogen) atoms. The topological polar surface area (TPSA) is 128 Å². The maximum absolute atomic E-state index is 13.2. The Balaban J connectivity index is 1.38. The van der Waals surface area contributed by atoms with Crippen molar-refractivity contribution in [2.75, 3.05) is 19.8 Å². The number of aromatic nitrogens is 1. The average Bonchev–Trinajstić information content (AvgIpc) is 3.25. The lowest BCUT2D eigenvalue weighted by molar-refractivity contribution is -0.134. The molecular formula is C22H24N2O7S. The van der Waals surface area contributed by atoms with Crippen molar-refractivity contribution in [2.24, 2.45) is 0 Å². The van der Waals surface area contributed by atoms with Gasteiger partial charge in [-0.25, -0.2) is 18.9 Å². The molecule has 1 fully saturated rings. The van der Waals surface area contributed by atoms with Crippen LogP contribution in [0.5, 0.6) is 5.75 Å². The number of benzene rings is 2. The van der Waals surface area contributed by atoms with E-state index >= 15 is 0 Å². The maximum atomic E-state index is 13.2. The number of sulfone groups is 1. The molecule has 3 aromatic rings. The van der Waals surface area contributed by atoms with Gasteiger partial charge in [-0.2, -0.15) is 0 Å². The molecule has 0 bridgehead atoms. The van der Waals surface area contributed by atoms with Gasteiger partial charge in [-0.1, -0.05) is 12.1 Å². The number of nitrogens with zero attached hydrogens (tertiary/aromatic N) is 1. The molecule has 1 aliphatic heterocycles. The Bertz CT molecular complexity index is 1150. The number of nitrogens with one attached hydrogen (secondary N) is 1.